The number of Topliss-reactive ketones (excluding diaryl/α,β-unsaturated/α-hetero) is 1. The van der Waals surface area contributed by atoms with Gasteiger partial charge >= 0.3 is 0 Å². The van der Waals surface area contributed by atoms with E-state index in [1.807, 2.05) is 24.3 Å². The molecule has 4 nitrogen and oxygen atoms in total. The van der Waals surface area contributed by atoms with E-state index >= 15 is 0 Å². The first-order valence-corrected chi connectivity index (χ1v) is 8.73. The van der Waals surface area contributed by atoms with Gasteiger partial charge in [0.05, 0.1) is 0 Å². The minimum absolute atomic E-state index is 0.156. The van der Waals surface area contributed by atoms with Crippen LogP contribution in [0.5, 0.6) is 0 Å². The van der Waals surface area contributed by atoms with Crippen LogP contribution in [0.1, 0.15) is 54.4 Å². The molecule has 0 atom stereocenters. The van der Waals surface area contributed by atoms with Gasteiger partial charge in [0.2, 0.25) is 5.91 Å². The van der Waals surface area contributed by atoms with Gasteiger partial charge in [-0.15, -0.1) is 0 Å². The van der Waals surface area contributed by atoms with E-state index in [9.17, 15) is 9.59 Å². The molecule has 2 N–H and O–H groups in total. The fourth-order valence-electron chi connectivity index (χ4n) is 2.72. The molecule has 132 valence electrons. The highest BCUT2D eigenvalue weighted by Crippen LogP contribution is 2.21. The normalized spacial score (nSPS) is 10.5. The van der Waals surface area contributed by atoms with Crippen LogP contribution in [0.25, 0.3) is 11.1 Å². The average Bonchev–Trinajstić information content (AvgIpc) is 2.65. The SMILES string of the molecule is Cc1ccc(-c2ccc(C(=O)CCCCCCC(=O)NO)cc2)cc1. The summed E-state index contributed by atoms with van der Waals surface area (Å²) in [6, 6.07) is 16.1. The lowest BCUT2D eigenvalue weighted by atomic mass is 9.99. The number of hydrogen-bond donors (Lipinski definition) is 2. The molecular weight excluding hydrogens is 314 g/mol. The lowest BCUT2D eigenvalue weighted by Gasteiger charge is -2.05. The summed E-state index contributed by atoms with van der Waals surface area (Å²) in [5.74, 6) is -0.201. The molecule has 0 radical (unpaired) electrons. The summed E-state index contributed by atoms with van der Waals surface area (Å²) in [7, 11) is 0. The van der Waals surface area contributed by atoms with E-state index in [0.717, 1.165) is 42.4 Å². The fourth-order valence-corrected chi connectivity index (χ4v) is 2.72. The quantitative estimate of drug-likeness (QED) is 0.301. The van der Waals surface area contributed by atoms with Crippen LogP contribution in [-0.2, 0) is 4.79 Å². The molecule has 25 heavy (non-hydrogen) atoms. The van der Waals surface area contributed by atoms with Gasteiger partial charge in [-0.1, -0.05) is 66.9 Å². The highest BCUT2D eigenvalue weighted by atomic mass is 16.5. The van der Waals surface area contributed by atoms with Crippen LogP contribution in [0.15, 0.2) is 48.5 Å². The molecule has 0 saturated carbocycles. The summed E-state index contributed by atoms with van der Waals surface area (Å²) < 4.78 is 0. The van der Waals surface area contributed by atoms with E-state index in [4.69, 9.17) is 5.21 Å². The monoisotopic (exact) mass is 339 g/mol. The van der Waals surface area contributed by atoms with Gasteiger partial charge in [-0.3, -0.25) is 14.8 Å². The van der Waals surface area contributed by atoms with Crippen LogP contribution in [0.2, 0.25) is 0 Å². The Labute approximate surface area is 148 Å². The molecule has 0 bridgehead atoms. The smallest absolute Gasteiger partial charge is 0.243 e. The largest absolute Gasteiger partial charge is 0.294 e. The van der Waals surface area contributed by atoms with Crippen LogP contribution < -0.4 is 5.48 Å². The summed E-state index contributed by atoms with van der Waals surface area (Å²) in [5, 5.41) is 8.40. The number of carbonyl (C=O) groups excluding carboxylic acids is 2. The van der Waals surface area contributed by atoms with Crippen molar-refractivity contribution in [2.45, 2.75) is 45.4 Å². The van der Waals surface area contributed by atoms with Crippen molar-refractivity contribution >= 4 is 11.7 Å². The number of carbonyl (C=O) groups is 2. The lowest BCUT2D eigenvalue weighted by molar-refractivity contribution is -0.129. The maximum absolute atomic E-state index is 12.2. The molecule has 1 amide bonds. The molecule has 4 heteroatoms. The Kier molecular flexibility index (Phi) is 7.36. The van der Waals surface area contributed by atoms with Crippen LogP contribution in [0.3, 0.4) is 0 Å². The van der Waals surface area contributed by atoms with Crippen LogP contribution in [0.4, 0.5) is 0 Å². The molecule has 0 aromatic heterocycles. The zero-order chi connectivity index (χ0) is 18.1. The Morgan fingerprint density at radius 3 is 1.88 bits per heavy atom. The van der Waals surface area contributed by atoms with Gasteiger partial charge in [-0.2, -0.15) is 0 Å². The molecule has 2 rings (SSSR count). The number of aryl methyl sites for hydroxylation is 1. The third-order valence-corrected chi connectivity index (χ3v) is 4.27. The number of amides is 1. The molecule has 0 heterocycles. The standard InChI is InChI=1S/C21H25NO3/c1-16-8-10-17(11-9-16)18-12-14-19(15-13-18)20(23)6-4-2-3-5-7-21(24)22-25/h8-15,25H,2-7H2,1H3,(H,22,24). The van der Waals surface area contributed by atoms with Gasteiger partial charge in [0.1, 0.15) is 0 Å². The number of ketones is 1. The second kappa shape index (κ2) is 9.74. The minimum Gasteiger partial charge on any atom is -0.294 e. The Hall–Kier alpha value is -2.46. The highest BCUT2D eigenvalue weighted by molar-refractivity contribution is 5.96. The molecule has 0 aliphatic rings. The zero-order valence-electron chi connectivity index (χ0n) is 14.6. The zero-order valence-corrected chi connectivity index (χ0v) is 14.6. The van der Waals surface area contributed by atoms with Crippen LogP contribution in [-0.4, -0.2) is 16.9 Å². The van der Waals surface area contributed by atoms with Gasteiger partial charge in [0, 0.05) is 18.4 Å². The topological polar surface area (TPSA) is 66.4 Å². The van der Waals surface area contributed by atoms with Gasteiger partial charge in [0.25, 0.3) is 0 Å². The van der Waals surface area contributed by atoms with Crippen molar-refractivity contribution in [3.05, 3.63) is 59.7 Å². The summed E-state index contributed by atoms with van der Waals surface area (Å²) in [5.41, 5.74) is 5.86. The minimum atomic E-state index is -0.357. The molecular formula is C21H25NO3. The number of benzene rings is 2. The fraction of sp³-hybridized carbons (Fsp3) is 0.333. The summed E-state index contributed by atoms with van der Waals surface area (Å²) >= 11 is 0. The number of rotatable bonds is 9. The first-order valence-electron chi connectivity index (χ1n) is 8.73. The Balaban J connectivity index is 1.76. The predicted octanol–water partition coefficient (Wildman–Crippen LogP) is 4.69. The van der Waals surface area contributed by atoms with Crippen molar-refractivity contribution in [2.24, 2.45) is 0 Å². The van der Waals surface area contributed by atoms with Gasteiger partial charge in [-0.05, 0) is 30.9 Å². The Morgan fingerprint density at radius 1 is 0.800 bits per heavy atom. The molecule has 0 fully saturated rings. The molecule has 0 aliphatic heterocycles. The van der Waals surface area contributed by atoms with E-state index in [2.05, 4.69) is 31.2 Å². The number of hydroxylamine groups is 1. The molecule has 0 spiro atoms. The van der Waals surface area contributed by atoms with Crippen molar-refractivity contribution in [3.8, 4) is 11.1 Å². The van der Waals surface area contributed by atoms with Crippen molar-refractivity contribution in [1.29, 1.82) is 0 Å². The van der Waals surface area contributed by atoms with E-state index in [0.29, 0.717) is 12.8 Å². The predicted molar refractivity (Wildman–Crippen MR) is 98.6 cm³/mol. The first-order chi connectivity index (χ1) is 12.1. The Morgan fingerprint density at radius 2 is 1.32 bits per heavy atom. The van der Waals surface area contributed by atoms with Gasteiger partial charge in [-0.25, -0.2) is 5.48 Å². The average molecular weight is 339 g/mol. The first kappa shape index (κ1) is 18.9. The van der Waals surface area contributed by atoms with E-state index in [1.165, 1.54) is 5.56 Å². The van der Waals surface area contributed by atoms with Crippen LogP contribution in [0, 0.1) is 6.92 Å². The summed E-state index contributed by atoms with van der Waals surface area (Å²) in [6.07, 6.45) is 4.19. The third kappa shape index (κ3) is 6.16. The molecule has 2 aromatic rings. The summed E-state index contributed by atoms with van der Waals surface area (Å²) in [6.45, 7) is 2.06. The van der Waals surface area contributed by atoms with Crippen LogP contribution >= 0.6 is 0 Å². The highest BCUT2D eigenvalue weighted by Gasteiger charge is 2.06. The number of unbranched alkanes of at least 4 members (excludes halogenated alkanes) is 3. The lowest BCUT2D eigenvalue weighted by Crippen LogP contribution is -2.17. The molecule has 0 saturated heterocycles. The number of nitrogens with one attached hydrogen (secondary N) is 1. The van der Waals surface area contributed by atoms with E-state index in [-0.39, 0.29) is 11.7 Å². The van der Waals surface area contributed by atoms with E-state index in [1.54, 1.807) is 5.48 Å². The van der Waals surface area contributed by atoms with Crippen molar-refractivity contribution < 1.29 is 14.8 Å². The summed E-state index contributed by atoms with van der Waals surface area (Å²) in [4.78, 5) is 23.1. The van der Waals surface area contributed by atoms with Crippen molar-refractivity contribution in [1.82, 2.24) is 5.48 Å². The molecule has 0 aliphatic carbocycles. The second-order valence-electron chi connectivity index (χ2n) is 6.32. The maximum Gasteiger partial charge on any atom is 0.243 e. The van der Waals surface area contributed by atoms with Gasteiger partial charge < -0.3 is 0 Å². The molecule has 0 unspecified atom stereocenters. The Bertz CT molecular complexity index is 690. The van der Waals surface area contributed by atoms with Crippen molar-refractivity contribution in [2.75, 3.05) is 0 Å². The maximum atomic E-state index is 12.2. The third-order valence-electron chi connectivity index (χ3n) is 4.27. The molecule has 2 aromatic carbocycles. The van der Waals surface area contributed by atoms with E-state index < -0.39 is 0 Å². The van der Waals surface area contributed by atoms with Gasteiger partial charge in [0.15, 0.2) is 5.78 Å². The number of hydrogen-bond acceptors (Lipinski definition) is 3. The van der Waals surface area contributed by atoms with Crippen molar-refractivity contribution in [3.63, 3.8) is 0 Å². The second-order valence-corrected chi connectivity index (χ2v) is 6.32.